The van der Waals surface area contributed by atoms with Crippen LogP contribution in [0.4, 0.5) is 0 Å². The van der Waals surface area contributed by atoms with Crippen molar-refractivity contribution in [2.75, 3.05) is 13.2 Å². The third-order valence-corrected chi connectivity index (χ3v) is 5.58. The largest absolute Gasteiger partial charge is 0.490 e. The maximum absolute atomic E-state index is 12.5. The Morgan fingerprint density at radius 3 is 2.71 bits per heavy atom. The van der Waals surface area contributed by atoms with Crippen molar-refractivity contribution in [3.8, 4) is 11.5 Å². The summed E-state index contributed by atoms with van der Waals surface area (Å²) in [5.41, 5.74) is 1.19. The van der Waals surface area contributed by atoms with Crippen molar-refractivity contribution < 1.29 is 22.3 Å². The second-order valence-corrected chi connectivity index (χ2v) is 8.38. The molecule has 166 valence electrons. The molecule has 0 spiro atoms. The van der Waals surface area contributed by atoms with Crippen LogP contribution in [0, 0.1) is 0 Å². The molecule has 0 saturated carbocycles. The molecule has 0 bridgehead atoms. The number of nitrogens with one attached hydrogen (secondary N) is 2. The fourth-order valence-corrected chi connectivity index (χ4v) is 3.65. The molecular weight excluding hydrogens is 422 g/mol. The van der Waals surface area contributed by atoms with Crippen LogP contribution in [-0.4, -0.2) is 32.8 Å². The van der Waals surface area contributed by atoms with Crippen molar-refractivity contribution in [2.45, 2.75) is 38.0 Å². The van der Waals surface area contributed by atoms with Crippen LogP contribution in [0.3, 0.4) is 0 Å². The SMILES string of the molecule is CCCCCOc1ccc(/C=N/NS(=O)(=O)c2ccc3[nH]c(=O)oc3c2)cc1OCC. The van der Waals surface area contributed by atoms with Crippen molar-refractivity contribution in [1.82, 2.24) is 9.82 Å². The van der Waals surface area contributed by atoms with E-state index in [1.807, 2.05) is 6.92 Å². The molecule has 0 atom stereocenters. The molecule has 0 aliphatic heterocycles. The first-order valence-electron chi connectivity index (χ1n) is 10.0. The number of hydrogen-bond donors (Lipinski definition) is 2. The molecule has 1 aromatic heterocycles. The highest BCUT2D eigenvalue weighted by Crippen LogP contribution is 2.28. The molecule has 9 nitrogen and oxygen atoms in total. The molecule has 0 aliphatic carbocycles. The summed E-state index contributed by atoms with van der Waals surface area (Å²) in [6, 6.07) is 9.32. The van der Waals surface area contributed by atoms with Crippen LogP contribution in [0.15, 0.2) is 55.6 Å². The summed E-state index contributed by atoms with van der Waals surface area (Å²) in [5.74, 6) is 0.550. The van der Waals surface area contributed by atoms with Crippen LogP contribution in [0.5, 0.6) is 11.5 Å². The first kappa shape index (κ1) is 22.4. The third-order valence-electron chi connectivity index (χ3n) is 4.36. The van der Waals surface area contributed by atoms with E-state index in [2.05, 4.69) is 21.8 Å². The normalized spacial score (nSPS) is 11.8. The number of aromatic amines is 1. The minimum Gasteiger partial charge on any atom is -0.490 e. The lowest BCUT2D eigenvalue weighted by Gasteiger charge is -2.12. The van der Waals surface area contributed by atoms with Crippen molar-refractivity contribution >= 4 is 27.3 Å². The predicted octanol–water partition coefficient (Wildman–Crippen LogP) is 3.40. The van der Waals surface area contributed by atoms with Crippen LogP contribution >= 0.6 is 0 Å². The summed E-state index contributed by atoms with van der Waals surface area (Å²) in [5, 5.41) is 3.83. The molecule has 0 aliphatic rings. The molecule has 3 rings (SSSR count). The number of fused-ring (bicyclic) bond motifs is 1. The molecule has 0 fully saturated rings. The lowest BCUT2D eigenvalue weighted by atomic mass is 10.2. The average Bonchev–Trinajstić information content (AvgIpc) is 3.12. The van der Waals surface area contributed by atoms with E-state index >= 15 is 0 Å². The van der Waals surface area contributed by atoms with E-state index in [1.165, 1.54) is 24.4 Å². The second-order valence-electron chi connectivity index (χ2n) is 6.72. The lowest BCUT2D eigenvalue weighted by Crippen LogP contribution is -2.18. The Kier molecular flexibility index (Phi) is 7.35. The van der Waals surface area contributed by atoms with E-state index in [0.29, 0.717) is 35.8 Å². The number of ether oxygens (including phenoxy) is 2. The van der Waals surface area contributed by atoms with E-state index in [9.17, 15) is 13.2 Å². The van der Waals surface area contributed by atoms with Gasteiger partial charge in [-0.15, -0.1) is 0 Å². The van der Waals surface area contributed by atoms with Gasteiger partial charge in [0.15, 0.2) is 17.1 Å². The Balaban J connectivity index is 1.70. The number of rotatable bonds is 11. The van der Waals surface area contributed by atoms with E-state index < -0.39 is 15.8 Å². The van der Waals surface area contributed by atoms with Gasteiger partial charge in [-0.1, -0.05) is 19.8 Å². The fourth-order valence-electron chi connectivity index (χ4n) is 2.84. The molecule has 10 heteroatoms. The Morgan fingerprint density at radius 2 is 1.94 bits per heavy atom. The molecule has 1 heterocycles. The summed E-state index contributed by atoms with van der Waals surface area (Å²) in [6.45, 7) is 5.08. The number of aromatic nitrogens is 1. The van der Waals surface area contributed by atoms with Gasteiger partial charge in [0.25, 0.3) is 10.0 Å². The van der Waals surface area contributed by atoms with Crippen molar-refractivity contribution in [2.24, 2.45) is 5.10 Å². The van der Waals surface area contributed by atoms with Crippen molar-refractivity contribution in [1.29, 1.82) is 0 Å². The quantitative estimate of drug-likeness (QED) is 0.264. The molecule has 0 unspecified atom stereocenters. The Bertz CT molecular complexity index is 1210. The van der Waals surface area contributed by atoms with Gasteiger partial charge in [0.2, 0.25) is 0 Å². The highest BCUT2D eigenvalue weighted by atomic mass is 32.2. The monoisotopic (exact) mass is 447 g/mol. The predicted molar refractivity (Wildman–Crippen MR) is 117 cm³/mol. The molecule has 3 aromatic rings. The lowest BCUT2D eigenvalue weighted by molar-refractivity contribution is 0.271. The number of nitrogens with zero attached hydrogens (tertiary/aromatic N) is 1. The summed E-state index contributed by atoms with van der Waals surface area (Å²) in [4.78, 5) is 15.8. The summed E-state index contributed by atoms with van der Waals surface area (Å²) in [7, 11) is -3.94. The average molecular weight is 448 g/mol. The molecular formula is C21H25N3O6S. The van der Waals surface area contributed by atoms with E-state index in [0.717, 1.165) is 19.3 Å². The first-order valence-corrected chi connectivity index (χ1v) is 11.5. The molecule has 31 heavy (non-hydrogen) atoms. The summed E-state index contributed by atoms with van der Waals surface area (Å²) >= 11 is 0. The van der Waals surface area contributed by atoms with Gasteiger partial charge in [-0.25, -0.2) is 9.63 Å². The highest BCUT2D eigenvalue weighted by molar-refractivity contribution is 7.89. The molecule has 0 saturated heterocycles. The number of hydrogen-bond acceptors (Lipinski definition) is 7. The summed E-state index contributed by atoms with van der Waals surface area (Å²) < 4.78 is 41.3. The Morgan fingerprint density at radius 1 is 1.10 bits per heavy atom. The van der Waals surface area contributed by atoms with Crippen LogP contribution in [0.1, 0.15) is 38.7 Å². The maximum Gasteiger partial charge on any atom is 0.417 e. The van der Waals surface area contributed by atoms with Gasteiger partial charge in [-0.2, -0.15) is 13.5 Å². The number of benzene rings is 2. The first-order chi connectivity index (χ1) is 14.9. The zero-order valence-corrected chi connectivity index (χ0v) is 18.2. The zero-order valence-electron chi connectivity index (χ0n) is 17.4. The van der Waals surface area contributed by atoms with E-state index in [-0.39, 0.29) is 10.5 Å². The van der Waals surface area contributed by atoms with Gasteiger partial charge in [-0.05, 0) is 49.2 Å². The smallest absolute Gasteiger partial charge is 0.417 e. The third kappa shape index (κ3) is 5.88. The van der Waals surface area contributed by atoms with Crippen molar-refractivity contribution in [3.63, 3.8) is 0 Å². The number of H-pyrrole nitrogens is 1. The fraction of sp³-hybridized carbons (Fsp3) is 0.333. The molecule has 0 amide bonds. The maximum atomic E-state index is 12.5. The Hall–Kier alpha value is -3.27. The van der Waals surface area contributed by atoms with Gasteiger partial charge >= 0.3 is 5.76 Å². The van der Waals surface area contributed by atoms with Gasteiger partial charge in [0.1, 0.15) is 0 Å². The van der Waals surface area contributed by atoms with Crippen LogP contribution in [0.2, 0.25) is 0 Å². The number of unbranched alkanes of at least 4 members (excludes halogenated alkanes) is 2. The topological polar surface area (TPSA) is 123 Å². The Labute approximate surface area is 180 Å². The van der Waals surface area contributed by atoms with Crippen molar-refractivity contribution in [3.05, 3.63) is 52.5 Å². The van der Waals surface area contributed by atoms with Gasteiger partial charge in [0.05, 0.1) is 29.8 Å². The number of sulfonamides is 1. The van der Waals surface area contributed by atoms with E-state index in [1.54, 1.807) is 18.2 Å². The zero-order chi connectivity index (χ0) is 22.3. The molecule has 2 N–H and O–H groups in total. The highest BCUT2D eigenvalue weighted by Gasteiger charge is 2.15. The minimum atomic E-state index is -3.94. The van der Waals surface area contributed by atoms with Crippen LogP contribution in [-0.2, 0) is 10.0 Å². The molecule has 0 radical (unpaired) electrons. The molecule has 2 aromatic carbocycles. The van der Waals surface area contributed by atoms with Crippen LogP contribution in [0.25, 0.3) is 11.1 Å². The van der Waals surface area contributed by atoms with Gasteiger partial charge < -0.3 is 13.9 Å². The minimum absolute atomic E-state index is 0.0780. The standard InChI is InChI=1S/C21H25N3O6S/c1-3-5-6-11-29-18-10-7-15(12-20(18)28-4-2)14-22-24-31(26,27)16-8-9-17-19(13-16)30-21(25)23-17/h7-10,12-14,24H,3-6,11H2,1-2H3,(H,23,25)/b22-14+. The van der Waals surface area contributed by atoms with Crippen LogP contribution < -0.4 is 20.1 Å². The van der Waals surface area contributed by atoms with Gasteiger partial charge in [0, 0.05) is 6.07 Å². The van der Waals surface area contributed by atoms with E-state index in [4.69, 9.17) is 13.9 Å². The summed E-state index contributed by atoms with van der Waals surface area (Å²) in [6.07, 6.45) is 4.54. The number of oxazole rings is 1. The van der Waals surface area contributed by atoms with Gasteiger partial charge in [-0.3, -0.25) is 4.98 Å². The second kappa shape index (κ2) is 10.2. The number of hydrazone groups is 1.